The van der Waals surface area contributed by atoms with Gasteiger partial charge in [0.25, 0.3) is 10.1 Å². The minimum Gasteiger partial charge on any atom is -0.508 e. The molecule has 0 radical (unpaired) electrons. The first kappa shape index (κ1) is 22.0. The van der Waals surface area contributed by atoms with E-state index in [2.05, 4.69) is 0 Å². The van der Waals surface area contributed by atoms with Gasteiger partial charge in [0.05, 0.1) is 5.02 Å². The van der Waals surface area contributed by atoms with Crippen molar-refractivity contribution < 1.29 is 23.2 Å². The summed E-state index contributed by atoms with van der Waals surface area (Å²) in [6.45, 7) is 0. The summed E-state index contributed by atoms with van der Waals surface area (Å²) in [5, 5.41) is 20.7. The number of aromatic hydroxyl groups is 2. The normalized spacial score (nSPS) is 13.8. The summed E-state index contributed by atoms with van der Waals surface area (Å²) in [7, 11) is -5.11. The fraction of sp³-hybridized carbons (Fsp3) is 0.0526. The van der Waals surface area contributed by atoms with Crippen LogP contribution in [0.5, 0.6) is 11.5 Å². The van der Waals surface area contributed by atoms with Crippen LogP contribution in [0.15, 0.2) is 54.6 Å². The van der Waals surface area contributed by atoms with Crippen molar-refractivity contribution >= 4 is 56.5 Å². The van der Waals surface area contributed by atoms with E-state index in [1.807, 2.05) is 0 Å². The summed E-state index contributed by atoms with van der Waals surface area (Å²) in [5.74, 6) is -1.11. The maximum absolute atomic E-state index is 13.0. The van der Waals surface area contributed by atoms with Crippen LogP contribution in [0.4, 0.5) is 0 Å². The number of benzene rings is 3. The van der Waals surface area contributed by atoms with E-state index in [1.54, 1.807) is 0 Å². The molecule has 0 spiro atoms. The van der Waals surface area contributed by atoms with Gasteiger partial charge < -0.3 is 10.2 Å². The maximum atomic E-state index is 13.0. The molecule has 3 rings (SSSR count). The number of hydrogen-bond donors (Lipinski definition) is 3. The highest BCUT2D eigenvalue weighted by atomic mass is 35.5. The zero-order valence-electron chi connectivity index (χ0n) is 14.3. The van der Waals surface area contributed by atoms with Crippen molar-refractivity contribution in [2.45, 2.75) is 4.75 Å². The first-order chi connectivity index (χ1) is 13.5. The van der Waals surface area contributed by atoms with Crippen molar-refractivity contribution in [3.63, 3.8) is 0 Å². The summed E-state index contributed by atoms with van der Waals surface area (Å²) in [6, 6.07) is 11.5. The van der Waals surface area contributed by atoms with Gasteiger partial charge in [-0.2, -0.15) is 8.42 Å². The first-order valence-electron chi connectivity index (χ1n) is 7.89. The van der Waals surface area contributed by atoms with Crippen molar-refractivity contribution in [3.05, 3.63) is 91.4 Å². The van der Waals surface area contributed by atoms with Gasteiger partial charge in [-0.3, -0.25) is 4.55 Å². The number of phenols is 2. The molecule has 0 saturated heterocycles. The number of phenolic OH excluding ortho intramolecular Hbond substituents is 2. The second-order valence-corrected chi connectivity index (χ2v) is 9.36. The number of hydrogen-bond acceptors (Lipinski definition) is 4. The minimum atomic E-state index is -5.11. The molecule has 0 bridgehead atoms. The Labute approximate surface area is 186 Å². The molecule has 0 aliphatic rings. The summed E-state index contributed by atoms with van der Waals surface area (Å²) < 4.78 is 33.9. The Hall–Kier alpha value is -1.67. The molecule has 0 aliphatic heterocycles. The summed E-state index contributed by atoms with van der Waals surface area (Å²) in [4.78, 5) is 0. The van der Waals surface area contributed by atoms with E-state index in [9.17, 15) is 23.2 Å². The Morgan fingerprint density at radius 2 is 1.31 bits per heavy atom. The van der Waals surface area contributed by atoms with E-state index in [-0.39, 0.29) is 26.2 Å². The Balaban J connectivity index is 2.63. The second-order valence-electron chi connectivity index (χ2n) is 6.11. The third-order valence-electron chi connectivity index (χ3n) is 4.37. The smallest absolute Gasteiger partial charge is 0.283 e. The molecule has 10 heteroatoms. The highest BCUT2D eigenvalue weighted by Crippen LogP contribution is 2.52. The maximum Gasteiger partial charge on any atom is 0.283 e. The molecule has 1 atom stereocenters. The Bertz CT molecular complexity index is 1200. The molecule has 0 aliphatic carbocycles. The predicted molar refractivity (Wildman–Crippen MR) is 114 cm³/mol. The lowest BCUT2D eigenvalue weighted by atomic mass is 9.83. The van der Waals surface area contributed by atoms with E-state index in [0.717, 1.165) is 12.1 Å². The molecular formula is C19H12Cl4O5S. The van der Waals surface area contributed by atoms with E-state index in [0.29, 0.717) is 5.02 Å². The van der Waals surface area contributed by atoms with E-state index < -0.39 is 31.9 Å². The van der Waals surface area contributed by atoms with Gasteiger partial charge in [0, 0.05) is 32.3 Å². The summed E-state index contributed by atoms with van der Waals surface area (Å²) >= 11 is 24.3. The third kappa shape index (κ3) is 3.77. The van der Waals surface area contributed by atoms with Crippen LogP contribution in [-0.4, -0.2) is 23.2 Å². The molecule has 5 nitrogen and oxygen atoms in total. The molecule has 3 N–H and O–H groups in total. The standard InChI is InChI=1S/C19H12Cl4O5S/c20-11-3-1-10(2-4-11)19(29(26,27)28,14-7-12(21)5-6-16(14)22)15-8-13(24)9-17(23)18(15)25/h1-9,24-25H,(H,26,27,28). The zero-order valence-corrected chi connectivity index (χ0v) is 18.1. The van der Waals surface area contributed by atoms with Gasteiger partial charge in [-0.1, -0.05) is 58.5 Å². The van der Waals surface area contributed by atoms with Gasteiger partial charge in [0.15, 0.2) is 4.75 Å². The molecule has 0 saturated carbocycles. The lowest BCUT2D eigenvalue weighted by Crippen LogP contribution is -2.38. The van der Waals surface area contributed by atoms with Crippen molar-refractivity contribution in [2.24, 2.45) is 0 Å². The monoisotopic (exact) mass is 492 g/mol. The largest absolute Gasteiger partial charge is 0.508 e. The lowest BCUT2D eigenvalue weighted by Gasteiger charge is -2.34. The summed E-state index contributed by atoms with van der Waals surface area (Å²) in [5.41, 5.74) is -0.601. The first-order valence-corrected chi connectivity index (χ1v) is 10.8. The Morgan fingerprint density at radius 3 is 1.90 bits per heavy atom. The van der Waals surface area contributed by atoms with Gasteiger partial charge in [0.1, 0.15) is 11.5 Å². The van der Waals surface area contributed by atoms with Crippen LogP contribution in [0.3, 0.4) is 0 Å². The van der Waals surface area contributed by atoms with E-state index in [1.165, 1.54) is 42.5 Å². The third-order valence-corrected chi connectivity index (χ3v) is 6.93. The van der Waals surface area contributed by atoms with E-state index in [4.69, 9.17) is 46.4 Å². The number of halogens is 4. The van der Waals surface area contributed by atoms with Crippen molar-refractivity contribution in [2.75, 3.05) is 0 Å². The van der Waals surface area contributed by atoms with Gasteiger partial charge in [0.2, 0.25) is 0 Å². The SMILES string of the molecule is O=S(=O)(O)C(c1ccc(Cl)cc1)(c1cc(Cl)ccc1Cl)c1cc(O)cc(Cl)c1O. The molecule has 0 aromatic heterocycles. The van der Waals surface area contributed by atoms with Gasteiger partial charge in [-0.15, -0.1) is 0 Å². The van der Waals surface area contributed by atoms with Crippen LogP contribution >= 0.6 is 46.4 Å². The second kappa shape index (κ2) is 7.87. The lowest BCUT2D eigenvalue weighted by molar-refractivity contribution is 0.435. The van der Waals surface area contributed by atoms with Crippen LogP contribution in [0.1, 0.15) is 16.7 Å². The van der Waals surface area contributed by atoms with Gasteiger partial charge >= 0.3 is 0 Å². The topological polar surface area (TPSA) is 94.8 Å². The molecule has 152 valence electrons. The molecule has 3 aromatic rings. The molecule has 0 fully saturated rings. The fourth-order valence-corrected chi connectivity index (χ4v) is 5.33. The minimum absolute atomic E-state index is 0.0227. The van der Waals surface area contributed by atoms with Crippen molar-refractivity contribution in [1.29, 1.82) is 0 Å². The number of rotatable bonds is 4. The van der Waals surface area contributed by atoms with Crippen LogP contribution < -0.4 is 0 Å². The summed E-state index contributed by atoms with van der Waals surface area (Å²) in [6.07, 6.45) is 0. The zero-order chi connectivity index (χ0) is 21.6. The van der Waals surface area contributed by atoms with Crippen molar-refractivity contribution in [1.82, 2.24) is 0 Å². The quantitative estimate of drug-likeness (QED) is 0.239. The molecular weight excluding hydrogens is 482 g/mol. The van der Waals surface area contributed by atoms with Crippen molar-refractivity contribution in [3.8, 4) is 11.5 Å². The Kier molecular flexibility index (Phi) is 5.98. The predicted octanol–water partition coefficient (Wildman–Crippen LogP) is 5.89. The van der Waals surface area contributed by atoms with Crippen LogP contribution in [0, 0.1) is 0 Å². The molecule has 1 unspecified atom stereocenters. The average molecular weight is 494 g/mol. The highest BCUT2D eigenvalue weighted by Gasteiger charge is 2.51. The van der Waals surface area contributed by atoms with Gasteiger partial charge in [-0.25, -0.2) is 0 Å². The highest BCUT2D eigenvalue weighted by molar-refractivity contribution is 7.87. The fourth-order valence-electron chi connectivity index (χ4n) is 3.19. The molecule has 29 heavy (non-hydrogen) atoms. The molecule has 0 heterocycles. The van der Waals surface area contributed by atoms with Gasteiger partial charge in [-0.05, 0) is 42.0 Å². The molecule has 0 amide bonds. The van der Waals surface area contributed by atoms with Crippen LogP contribution in [0.2, 0.25) is 20.1 Å². The van der Waals surface area contributed by atoms with Crippen LogP contribution in [0.25, 0.3) is 0 Å². The average Bonchev–Trinajstić information content (AvgIpc) is 2.62. The molecule has 3 aromatic carbocycles. The van der Waals surface area contributed by atoms with E-state index >= 15 is 0 Å². The van der Waals surface area contributed by atoms with Crippen LogP contribution in [-0.2, 0) is 14.9 Å². The Morgan fingerprint density at radius 1 is 0.724 bits per heavy atom.